The van der Waals surface area contributed by atoms with E-state index in [0.717, 1.165) is 0 Å². The molecule has 0 aromatic rings. The highest BCUT2D eigenvalue weighted by Crippen LogP contribution is 2.53. The van der Waals surface area contributed by atoms with Crippen LogP contribution in [-0.4, -0.2) is 93.6 Å². The fraction of sp³-hybridized carbons (Fsp3) is 1.00. The molecule has 0 aliphatic carbocycles. The van der Waals surface area contributed by atoms with E-state index in [1.165, 1.54) is 0 Å². The van der Waals surface area contributed by atoms with E-state index >= 15 is 0 Å². The maximum Gasteiger partial charge on any atom is 0.345 e. The number of morpholine rings is 2. The molecule has 126 valence electrons. The van der Waals surface area contributed by atoms with Gasteiger partial charge in [0.05, 0.1) is 25.4 Å². The average Bonchev–Trinajstić information content (AvgIpc) is 2.43. The lowest BCUT2D eigenvalue weighted by Crippen LogP contribution is -2.46. The highest BCUT2D eigenvalue weighted by molar-refractivity contribution is 7.53. The molecule has 0 aromatic carbocycles. The molecule has 0 spiro atoms. The first kappa shape index (κ1) is 18.8. The van der Waals surface area contributed by atoms with Gasteiger partial charge >= 0.3 is 7.67 Å². The molecule has 0 aromatic heterocycles. The molecule has 2 saturated heterocycles. The van der Waals surface area contributed by atoms with E-state index in [4.69, 9.17) is 21.8 Å². The Morgan fingerprint density at radius 1 is 1.41 bits per heavy atom. The quantitative estimate of drug-likeness (QED) is 0.525. The Balaban J connectivity index is 1.97. The van der Waals surface area contributed by atoms with Gasteiger partial charge in [-0.3, -0.25) is 9.24 Å². The number of nitrogens with zero attached hydrogens (tertiary/aromatic N) is 3. The minimum absolute atomic E-state index is 0.0486. The summed E-state index contributed by atoms with van der Waals surface area (Å²) in [5, 5.41) is 0. The van der Waals surface area contributed by atoms with Crippen LogP contribution in [-0.2, 0) is 18.6 Å². The predicted octanol–water partition coefficient (Wildman–Crippen LogP) is 0.379. The Morgan fingerprint density at radius 2 is 2.14 bits per heavy atom. The molecule has 2 aliphatic rings. The van der Waals surface area contributed by atoms with Crippen molar-refractivity contribution in [1.29, 1.82) is 0 Å². The van der Waals surface area contributed by atoms with Crippen molar-refractivity contribution in [1.82, 2.24) is 14.0 Å². The third kappa shape index (κ3) is 4.75. The summed E-state index contributed by atoms with van der Waals surface area (Å²) in [6.45, 7) is 5.32. The van der Waals surface area contributed by atoms with Crippen LogP contribution in [0.5, 0.6) is 0 Å². The first-order chi connectivity index (χ1) is 10.3. The number of hydrogen-bond donors (Lipinski definition) is 0. The Morgan fingerprint density at radius 3 is 2.73 bits per heavy atom. The van der Waals surface area contributed by atoms with Crippen LogP contribution >= 0.6 is 17.1 Å². The summed E-state index contributed by atoms with van der Waals surface area (Å²) in [7, 11) is 8.94. The van der Waals surface area contributed by atoms with Crippen LogP contribution in [0, 0.1) is 0 Å². The lowest BCUT2D eigenvalue weighted by atomic mass is 9.98. The predicted molar refractivity (Wildman–Crippen MR) is 89.9 cm³/mol. The molecule has 10 heteroatoms. The number of ether oxygens (including phenoxy) is 2. The first-order valence-corrected chi connectivity index (χ1v) is 9.56. The van der Waals surface area contributed by atoms with E-state index in [-0.39, 0.29) is 24.8 Å². The minimum atomic E-state index is -3.07. The van der Waals surface area contributed by atoms with Crippen LogP contribution in [0.15, 0.2) is 0 Å². The summed E-state index contributed by atoms with van der Waals surface area (Å²) >= 11 is 0. The van der Waals surface area contributed by atoms with Crippen molar-refractivity contribution in [3.05, 3.63) is 0 Å². The van der Waals surface area contributed by atoms with Crippen LogP contribution in [0.1, 0.15) is 6.92 Å². The zero-order valence-corrected chi connectivity index (χ0v) is 15.6. The van der Waals surface area contributed by atoms with E-state index in [1.54, 1.807) is 18.8 Å². The molecule has 2 aliphatic heterocycles. The molecular formula is C12H26BN3O4P2. The van der Waals surface area contributed by atoms with E-state index in [9.17, 15) is 4.57 Å². The van der Waals surface area contributed by atoms with E-state index in [0.29, 0.717) is 32.8 Å². The summed E-state index contributed by atoms with van der Waals surface area (Å²) in [5.41, 5.74) is 0. The molecule has 2 rings (SSSR count). The van der Waals surface area contributed by atoms with Crippen molar-refractivity contribution in [2.45, 2.75) is 25.1 Å². The SMILES string of the molecule is [B]C1CN(P)CC(COP(=O)(N(C)C)N2CCOC(C)C2)O1. The van der Waals surface area contributed by atoms with Gasteiger partial charge in [-0.1, -0.05) is 9.39 Å². The summed E-state index contributed by atoms with van der Waals surface area (Å²) in [4.78, 5) is 0. The molecule has 0 amide bonds. The van der Waals surface area contributed by atoms with Crippen molar-refractivity contribution < 1.29 is 18.6 Å². The van der Waals surface area contributed by atoms with Gasteiger partial charge in [-0.05, 0) is 21.0 Å². The van der Waals surface area contributed by atoms with Crippen molar-refractivity contribution in [3.63, 3.8) is 0 Å². The lowest BCUT2D eigenvalue weighted by Gasteiger charge is -2.40. The Labute approximate surface area is 136 Å². The topological polar surface area (TPSA) is 54.5 Å². The zero-order chi connectivity index (χ0) is 16.3. The van der Waals surface area contributed by atoms with E-state index in [2.05, 4.69) is 9.39 Å². The maximum atomic E-state index is 13.3. The van der Waals surface area contributed by atoms with Gasteiger partial charge in [0, 0.05) is 32.2 Å². The smallest absolute Gasteiger partial charge is 0.345 e. The number of rotatable bonds is 5. The Bertz CT molecular complexity index is 408. The van der Waals surface area contributed by atoms with Gasteiger partial charge in [-0.25, -0.2) is 9.34 Å². The molecule has 22 heavy (non-hydrogen) atoms. The molecule has 0 saturated carbocycles. The second kappa shape index (κ2) is 8.04. The molecule has 2 heterocycles. The van der Waals surface area contributed by atoms with Gasteiger partial charge in [0.1, 0.15) is 7.85 Å². The second-order valence-electron chi connectivity index (χ2n) is 5.98. The fourth-order valence-electron chi connectivity index (χ4n) is 2.65. The first-order valence-electron chi connectivity index (χ1n) is 7.51. The fourth-order valence-corrected chi connectivity index (χ4v) is 5.13. The van der Waals surface area contributed by atoms with Gasteiger partial charge in [0.25, 0.3) is 0 Å². The summed E-state index contributed by atoms with van der Waals surface area (Å²) < 4.78 is 35.9. The standard InChI is InChI=1S/C12H26BN3O4P2/c1-10-6-16(4-5-18-10)22(17,14(2)3)19-9-11-7-15(21)8-12(13)20-11/h10-12H,4-9,21H2,1-3H3. The van der Waals surface area contributed by atoms with Crippen LogP contribution in [0.25, 0.3) is 0 Å². The monoisotopic (exact) mass is 349 g/mol. The minimum Gasteiger partial charge on any atom is -0.380 e. The summed E-state index contributed by atoms with van der Waals surface area (Å²) in [5.74, 6) is 0. The lowest BCUT2D eigenvalue weighted by molar-refractivity contribution is -0.0478. The molecule has 0 bridgehead atoms. The molecule has 2 radical (unpaired) electrons. The largest absolute Gasteiger partial charge is 0.380 e. The summed E-state index contributed by atoms with van der Waals surface area (Å²) in [6.07, 6.45) is -0.138. The van der Waals surface area contributed by atoms with Gasteiger partial charge in [-0.2, -0.15) is 0 Å². The normalized spacial score (nSPS) is 34.7. The van der Waals surface area contributed by atoms with Crippen LogP contribution in [0.4, 0.5) is 0 Å². The zero-order valence-electron chi connectivity index (χ0n) is 13.6. The van der Waals surface area contributed by atoms with Crippen LogP contribution < -0.4 is 0 Å². The highest BCUT2D eigenvalue weighted by atomic mass is 31.2. The Hall–Kier alpha value is 0.485. The Kier molecular flexibility index (Phi) is 6.88. The van der Waals surface area contributed by atoms with Crippen LogP contribution in [0.2, 0.25) is 0 Å². The van der Waals surface area contributed by atoms with Crippen molar-refractivity contribution in [3.8, 4) is 0 Å². The van der Waals surface area contributed by atoms with Crippen molar-refractivity contribution in [2.75, 3.05) is 53.5 Å². The number of hydrogen-bond acceptors (Lipinski definition) is 5. The van der Waals surface area contributed by atoms with Gasteiger partial charge in [0.2, 0.25) is 0 Å². The second-order valence-corrected chi connectivity index (χ2v) is 9.31. The third-order valence-corrected chi connectivity index (χ3v) is 6.73. The van der Waals surface area contributed by atoms with Gasteiger partial charge in [0.15, 0.2) is 0 Å². The van der Waals surface area contributed by atoms with E-state index in [1.807, 2.05) is 16.3 Å². The molecule has 2 fully saturated rings. The van der Waals surface area contributed by atoms with Crippen molar-refractivity contribution in [2.24, 2.45) is 0 Å². The van der Waals surface area contributed by atoms with Gasteiger partial charge < -0.3 is 14.0 Å². The molecule has 7 nitrogen and oxygen atoms in total. The van der Waals surface area contributed by atoms with Gasteiger partial charge in [-0.15, -0.1) is 0 Å². The summed E-state index contributed by atoms with van der Waals surface area (Å²) in [6, 6.07) is -0.345. The molecule has 0 N–H and O–H groups in total. The molecular weight excluding hydrogens is 323 g/mol. The highest BCUT2D eigenvalue weighted by Gasteiger charge is 2.38. The molecule has 5 unspecified atom stereocenters. The third-order valence-electron chi connectivity index (χ3n) is 3.73. The molecule has 5 atom stereocenters. The van der Waals surface area contributed by atoms with E-state index < -0.39 is 7.67 Å². The van der Waals surface area contributed by atoms with Crippen LogP contribution in [0.3, 0.4) is 0 Å². The maximum absolute atomic E-state index is 13.3. The van der Waals surface area contributed by atoms with Crippen molar-refractivity contribution >= 4 is 24.9 Å². The average molecular weight is 349 g/mol.